The largest absolute Gasteiger partial charge is 0.346 e. The second kappa shape index (κ2) is 5.24. The van der Waals surface area contributed by atoms with Gasteiger partial charge in [-0.3, -0.25) is 9.48 Å². The van der Waals surface area contributed by atoms with Crippen LogP contribution >= 0.6 is 22.9 Å². The molecule has 0 aliphatic carbocycles. The van der Waals surface area contributed by atoms with Crippen LogP contribution in [0.3, 0.4) is 0 Å². The van der Waals surface area contributed by atoms with Gasteiger partial charge >= 0.3 is 0 Å². The van der Waals surface area contributed by atoms with Crippen LogP contribution in [0.4, 0.5) is 0 Å². The Morgan fingerprint density at radius 3 is 3.06 bits per heavy atom. The molecule has 1 amide bonds. The molecule has 0 bridgehead atoms. The SMILES string of the molecule is CC(Cn1cccn1)NC(=O)c1nnc(Cl)s1. The summed E-state index contributed by atoms with van der Waals surface area (Å²) < 4.78 is 2.01. The molecule has 2 aromatic rings. The quantitative estimate of drug-likeness (QED) is 0.907. The summed E-state index contributed by atoms with van der Waals surface area (Å²) in [6, 6.07) is 1.78. The van der Waals surface area contributed by atoms with E-state index in [0.717, 1.165) is 11.3 Å². The highest BCUT2D eigenvalue weighted by atomic mass is 35.5. The minimum atomic E-state index is -0.269. The van der Waals surface area contributed by atoms with Gasteiger partial charge in [-0.15, -0.1) is 10.2 Å². The van der Waals surface area contributed by atoms with Crippen molar-refractivity contribution in [2.45, 2.75) is 19.5 Å². The number of aromatic nitrogens is 4. The normalized spacial score (nSPS) is 12.4. The van der Waals surface area contributed by atoms with E-state index in [0.29, 0.717) is 6.54 Å². The van der Waals surface area contributed by atoms with Crippen LogP contribution in [0, 0.1) is 0 Å². The number of amides is 1. The van der Waals surface area contributed by atoms with Crippen LogP contribution in [0.15, 0.2) is 18.5 Å². The van der Waals surface area contributed by atoms with Gasteiger partial charge in [0.2, 0.25) is 9.47 Å². The number of nitrogens with zero attached hydrogens (tertiary/aromatic N) is 4. The fraction of sp³-hybridized carbons (Fsp3) is 0.333. The van der Waals surface area contributed by atoms with Crippen molar-refractivity contribution in [2.75, 3.05) is 0 Å². The van der Waals surface area contributed by atoms with Gasteiger partial charge in [0.15, 0.2) is 0 Å². The van der Waals surface area contributed by atoms with E-state index >= 15 is 0 Å². The first-order valence-electron chi connectivity index (χ1n) is 4.92. The molecule has 1 atom stereocenters. The van der Waals surface area contributed by atoms with Crippen LogP contribution in [0.2, 0.25) is 4.47 Å². The van der Waals surface area contributed by atoms with Crippen LogP contribution in [-0.2, 0) is 6.54 Å². The molecule has 6 nitrogen and oxygen atoms in total. The predicted molar refractivity (Wildman–Crippen MR) is 64.1 cm³/mol. The van der Waals surface area contributed by atoms with E-state index in [1.165, 1.54) is 0 Å². The Morgan fingerprint density at radius 1 is 1.65 bits per heavy atom. The van der Waals surface area contributed by atoms with Crippen molar-refractivity contribution in [3.05, 3.63) is 27.9 Å². The number of rotatable bonds is 4. The summed E-state index contributed by atoms with van der Waals surface area (Å²) in [6.45, 7) is 2.49. The van der Waals surface area contributed by atoms with Crippen molar-refractivity contribution in [1.29, 1.82) is 0 Å². The van der Waals surface area contributed by atoms with Gasteiger partial charge in [0.25, 0.3) is 5.91 Å². The third kappa shape index (κ3) is 3.24. The van der Waals surface area contributed by atoms with Gasteiger partial charge in [-0.1, -0.05) is 11.3 Å². The van der Waals surface area contributed by atoms with E-state index in [9.17, 15) is 4.79 Å². The van der Waals surface area contributed by atoms with Gasteiger partial charge in [0, 0.05) is 18.4 Å². The number of hydrogen-bond donors (Lipinski definition) is 1. The lowest BCUT2D eigenvalue weighted by molar-refractivity contribution is 0.0935. The first kappa shape index (κ1) is 12.0. The summed E-state index contributed by atoms with van der Waals surface area (Å²) >= 11 is 6.66. The van der Waals surface area contributed by atoms with Crippen LogP contribution < -0.4 is 5.32 Å². The van der Waals surface area contributed by atoms with Crippen LogP contribution in [0.25, 0.3) is 0 Å². The molecule has 0 saturated heterocycles. The minimum Gasteiger partial charge on any atom is -0.346 e. The van der Waals surface area contributed by atoms with Crippen molar-refractivity contribution < 1.29 is 4.79 Å². The Morgan fingerprint density at radius 2 is 2.47 bits per heavy atom. The maximum Gasteiger partial charge on any atom is 0.282 e. The zero-order valence-electron chi connectivity index (χ0n) is 9.00. The molecule has 0 aliphatic heterocycles. The van der Waals surface area contributed by atoms with Gasteiger partial charge in [-0.05, 0) is 24.6 Å². The Balaban J connectivity index is 1.90. The molecule has 2 rings (SSSR count). The summed E-state index contributed by atoms with van der Waals surface area (Å²) in [5, 5.41) is 14.4. The third-order valence-corrected chi connectivity index (χ3v) is 3.01. The van der Waals surface area contributed by atoms with Crippen molar-refractivity contribution in [3.63, 3.8) is 0 Å². The van der Waals surface area contributed by atoms with Gasteiger partial charge in [-0.25, -0.2) is 0 Å². The first-order valence-corrected chi connectivity index (χ1v) is 6.12. The molecule has 0 fully saturated rings. The van der Waals surface area contributed by atoms with E-state index < -0.39 is 0 Å². The molecule has 90 valence electrons. The summed E-state index contributed by atoms with van der Waals surface area (Å²) in [7, 11) is 0. The maximum absolute atomic E-state index is 11.7. The van der Waals surface area contributed by atoms with E-state index in [2.05, 4.69) is 20.6 Å². The standard InChI is InChI=1S/C9H10ClN5OS/c1-6(5-15-4-2-3-11-15)12-7(16)8-13-14-9(10)17-8/h2-4,6H,5H2,1H3,(H,12,16). The Labute approximate surface area is 107 Å². The highest BCUT2D eigenvalue weighted by Gasteiger charge is 2.14. The predicted octanol–water partition coefficient (Wildman–Crippen LogP) is 1.21. The number of nitrogens with one attached hydrogen (secondary N) is 1. The molecule has 0 spiro atoms. The number of hydrogen-bond acceptors (Lipinski definition) is 5. The lowest BCUT2D eigenvalue weighted by Gasteiger charge is -2.12. The molecule has 2 heterocycles. The molecular formula is C9H10ClN5OS. The average Bonchev–Trinajstić information content (AvgIpc) is 2.89. The monoisotopic (exact) mass is 271 g/mol. The summed E-state index contributed by atoms with van der Waals surface area (Å²) in [5.41, 5.74) is 0. The maximum atomic E-state index is 11.7. The topological polar surface area (TPSA) is 72.7 Å². The zero-order chi connectivity index (χ0) is 12.3. The van der Waals surface area contributed by atoms with E-state index in [4.69, 9.17) is 11.6 Å². The summed E-state index contributed by atoms with van der Waals surface area (Å²) in [4.78, 5) is 11.7. The van der Waals surface area contributed by atoms with Crippen LogP contribution in [0.1, 0.15) is 16.7 Å². The molecule has 0 aliphatic rings. The van der Waals surface area contributed by atoms with Crippen molar-refractivity contribution in [2.24, 2.45) is 0 Å². The highest BCUT2D eigenvalue weighted by Crippen LogP contribution is 2.14. The molecule has 2 aromatic heterocycles. The minimum absolute atomic E-state index is 0.0509. The van der Waals surface area contributed by atoms with E-state index in [1.807, 2.05) is 19.2 Å². The van der Waals surface area contributed by atoms with E-state index in [-0.39, 0.29) is 21.4 Å². The highest BCUT2D eigenvalue weighted by molar-refractivity contribution is 7.17. The number of halogens is 1. The Kier molecular flexibility index (Phi) is 3.70. The molecule has 0 radical (unpaired) electrons. The molecule has 0 saturated carbocycles. The first-order chi connectivity index (χ1) is 8.15. The summed E-state index contributed by atoms with van der Waals surface area (Å²) in [5.74, 6) is -0.269. The molecule has 0 aromatic carbocycles. The van der Waals surface area contributed by atoms with Crippen LogP contribution in [0.5, 0.6) is 0 Å². The fourth-order valence-electron chi connectivity index (χ4n) is 1.32. The fourth-order valence-corrected chi connectivity index (χ4v) is 2.05. The summed E-state index contributed by atoms with van der Waals surface area (Å²) in [6.07, 6.45) is 3.53. The van der Waals surface area contributed by atoms with Crippen molar-refractivity contribution in [1.82, 2.24) is 25.3 Å². The lowest BCUT2D eigenvalue weighted by Crippen LogP contribution is -2.35. The number of carbonyl (C=O) groups excluding carboxylic acids is 1. The van der Waals surface area contributed by atoms with Gasteiger partial charge in [-0.2, -0.15) is 5.10 Å². The van der Waals surface area contributed by atoms with Crippen molar-refractivity contribution in [3.8, 4) is 0 Å². The average molecular weight is 272 g/mol. The molecule has 17 heavy (non-hydrogen) atoms. The number of carbonyl (C=O) groups is 1. The molecular weight excluding hydrogens is 262 g/mol. The molecule has 1 N–H and O–H groups in total. The Hall–Kier alpha value is -1.47. The zero-order valence-corrected chi connectivity index (χ0v) is 10.6. The third-order valence-electron chi connectivity index (χ3n) is 1.99. The second-order valence-electron chi connectivity index (χ2n) is 3.46. The molecule has 8 heteroatoms. The lowest BCUT2D eigenvalue weighted by atomic mass is 10.3. The van der Waals surface area contributed by atoms with Crippen LogP contribution in [-0.4, -0.2) is 31.9 Å². The Bertz CT molecular complexity index is 497. The second-order valence-corrected chi connectivity index (χ2v) is 5.02. The smallest absolute Gasteiger partial charge is 0.282 e. The van der Waals surface area contributed by atoms with Crippen molar-refractivity contribution >= 4 is 28.8 Å². The van der Waals surface area contributed by atoms with Gasteiger partial charge in [0.05, 0.1) is 6.54 Å². The van der Waals surface area contributed by atoms with E-state index in [1.54, 1.807) is 10.9 Å². The van der Waals surface area contributed by atoms with Gasteiger partial charge in [0.1, 0.15) is 0 Å². The molecule has 1 unspecified atom stereocenters. The van der Waals surface area contributed by atoms with Gasteiger partial charge < -0.3 is 5.32 Å².